The molecule has 0 fully saturated rings. The normalized spacial score (nSPS) is 11.0. The van der Waals surface area contributed by atoms with Gasteiger partial charge >= 0.3 is 5.97 Å². The largest absolute Gasteiger partial charge is 0.478 e. The molecule has 9 nitrogen and oxygen atoms in total. The van der Waals surface area contributed by atoms with Crippen LogP contribution in [0.25, 0.3) is 0 Å². The number of rotatable bonds is 7. The first-order valence-electron chi connectivity index (χ1n) is 8.00. The minimum atomic E-state index is -0.677. The van der Waals surface area contributed by atoms with Crippen molar-refractivity contribution in [1.82, 2.24) is 0 Å². The molecule has 11 heteroatoms. The highest BCUT2D eigenvalue weighted by Gasteiger charge is 2.22. The van der Waals surface area contributed by atoms with Gasteiger partial charge < -0.3 is 19.0 Å². The van der Waals surface area contributed by atoms with Gasteiger partial charge in [-0.15, -0.1) is 0 Å². The Labute approximate surface area is 175 Å². The lowest BCUT2D eigenvalue weighted by Gasteiger charge is -2.12. The van der Waals surface area contributed by atoms with Crippen molar-refractivity contribution in [3.63, 3.8) is 0 Å². The molecule has 0 bridgehead atoms. The molecule has 0 aliphatic rings. The number of nitro benzene ring substituents is 1. The number of halogens is 2. The minimum Gasteiger partial charge on any atom is -0.478 e. The number of nitro groups is 1. The summed E-state index contributed by atoms with van der Waals surface area (Å²) < 4.78 is 15.2. The van der Waals surface area contributed by atoms with E-state index in [-0.39, 0.29) is 22.9 Å². The number of nitrogens with zero attached hydrogens (tertiary/aromatic N) is 2. The van der Waals surface area contributed by atoms with Crippen LogP contribution in [0, 0.1) is 17.0 Å². The van der Waals surface area contributed by atoms with Crippen molar-refractivity contribution >= 4 is 40.8 Å². The summed E-state index contributed by atoms with van der Waals surface area (Å²) >= 11 is 12.3. The van der Waals surface area contributed by atoms with Gasteiger partial charge in [0.05, 0.1) is 24.2 Å². The average molecular weight is 443 g/mol. The molecule has 0 amide bonds. The lowest BCUT2D eigenvalue weighted by atomic mass is 10.1. The van der Waals surface area contributed by atoms with Crippen LogP contribution in [0.1, 0.15) is 11.1 Å². The maximum atomic E-state index is 11.4. The number of carbonyl (C=O) groups is 1. The van der Waals surface area contributed by atoms with Crippen LogP contribution in [0.5, 0.6) is 11.5 Å². The summed E-state index contributed by atoms with van der Waals surface area (Å²) in [6, 6.07) is 7.14. The standard InChI is InChI=1S/C18H16Cl2N2O7/c1-10-13(19)5-7-15(17(10)20)29-11-4-6-14(22(24)25)12(8-11)18(27-3)21-28-9-16(23)26-2/h4-8H,9H2,1-3H3/b21-18-. The van der Waals surface area contributed by atoms with Crippen LogP contribution in [-0.2, 0) is 19.1 Å². The highest BCUT2D eigenvalue weighted by atomic mass is 35.5. The molecule has 0 N–H and O–H groups in total. The number of hydrogen-bond acceptors (Lipinski definition) is 8. The third-order valence-electron chi connectivity index (χ3n) is 3.66. The molecule has 0 spiro atoms. The molecular formula is C18H16Cl2N2O7. The summed E-state index contributed by atoms with van der Waals surface area (Å²) in [5.41, 5.74) is 0.294. The first-order valence-corrected chi connectivity index (χ1v) is 8.76. The monoisotopic (exact) mass is 442 g/mol. The molecule has 0 radical (unpaired) electrons. The molecule has 0 saturated carbocycles. The van der Waals surface area contributed by atoms with Gasteiger partial charge in [0, 0.05) is 17.2 Å². The fourth-order valence-corrected chi connectivity index (χ4v) is 2.56. The molecule has 2 aromatic rings. The molecule has 0 unspecified atom stereocenters. The maximum absolute atomic E-state index is 11.4. The van der Waals surface area contributed by atoms with Crippen molar-refractivity contribution in [3.05, 3.63) is 61.6 Å². The van der Waals surface area contributed by atoms with Crippen molar-refractivity contribution in [1.29, 1.82) is 0 Å². The first-order chi connectivity index (χ1) is 13.8. The van der Waals surface area contributed by atoms with E-state index in [9.17, 15) is 14.9 Å². The molecule has 2 rings (SSSR count). The summed E-state index contributed by atoms with van der Waals surface area (Å²) in [7, 11) is 2.43. The summed E-state index contributed by atoms with van der Waals surface area (Å²) in [4.78, 5) is 26.7. The van der Waals surface area contributed by atoms with E-state index >= 15 is 0 Å². The van der Waals surface area contributed by atoms with Crippen LogP contribution in [0.4, 0.5) is 5.69 Å². The predicted octanol–water partition coefficient (Wildman–Crippen LogP) is 4.50. The van der Waals surface area contributed by atoms with Gasteiger partial charge in [0.1, 0.15) is 17.1 Å². The Morgan fingerprint density at radius 2 is 1.90 bits per heavy atom. The van der Waals surface area contributed by atoms with Crippen molar-refractivity contribution in [2.45, 2.75) is 6.92 Å². The van der Waals surface area contributed by atoms with Gasteiger partial charge in [0.15, 0.2) is 0 Å². The second kappa shape index (κ2) is 9.94. The lowest BCUT2D eigenvalue weighted by molar-refractivity contribution is -0.385. The number of benzene rings is 2. The number of methoxy groups -OCH3 is 2. The van der Waals surface area contributed by atoms with Gasteiger partial charge in [-0.05, 0) is 35.8 Å². The van der Waals surface area contributed by atoms with Crippen LogP contribution in [-0.4, -0.2) is 37.6 Å². The molecule has 29 heavy (non-hydrogen) atoms. The third kappa shape index (κ3) is 5.49. The summed E-state index contributed by atoms with van der Waals surface area (Å²) in [6.07, 6.45) is 0. The molecule has 0 atom stereocenters. The fourth-order valence-electron chi connectivity index (χ4n) is 2.15. The first kappa shape index (κ1) is 22.3. The summed E-state index contributed by atoms with van der Waals surface area (Å²) in [5, 5.41) is 15.8. The second-order valence-corrected chi connectivity index (χ2v) is 6.26. The van der Waals surface area contributed by atoms with Gasteiger partial charge in [-0.1, -0.05) is 23.2 Å². The zero-order valence-electron chi connectivity index (χ0n) is 15.6. The number of carbonyl (C=O) groups excluding carboxylic acids is 1. The van der Waals surface area contributed by atoms with Crippen molar-refractivity contribution in [2.75, 3.05) is 20.8 Å². The zero-order valence-corrected chi connectivity index (χ0v) is 17.1. The average Bonchev–Trinajstić information content (AvgIpc) is 2.71. The van der Waals surface area contributed by atoms with Crippen molar-refractivity contribution in [2.24, 2.45) is 5.16 Å². The molecule has 2 aromatic carbocycles. The van der Waals surface area contributed by atoms with Gasteiger partial charge in [-0.2, -0.15) is 0 Å². The van der Waals surface area contributed by atoms with E-state index in [0.29, 0.717) is 21.4 Å². The van der Waals surface area contributed by atoms with E-state index in [1.807, 2.05) is 0 Å². The number of ether oxygens (including phenoxy) is 3. The Balaban J connectivity index is 2.40. The Morgan fingerprint density at radius 1 is 1.17 bits per heavy atom. The number of hydrogen-bond donors (Lipinski definition) is 0. The fraction of sp³-hybridized carbons (Fsp3) is 0.222. The molecular weight excluding hydrogens is 427 g/mol. The smallest absolute Gasteiger partial charge is 0.346 e. The van der Waals surface area contributed by atoms with E-state index in [1.165, 1.54) is 32.4 Å². The molecule has 0 aliphatic heterocycles. The van der Waals surface area contributed by atoms with E-state index in [2.05, 4.69) is 9.89 Å². The van der Waals surface area contributed by atoms with Crippen molar-refractivity contribution < 1.29 is 28.8 Å². The predicted molar refractivity (Wildman–Crippen MR) is 106 cm³/mol. The van der Waals surface area contributed by atoms with Crippen LogP contribution in [0.3, 0.4) is 0 Å². The van der Waals surface area contributed by atoms with Gasteiger partial charge in [-0.25, -0.2) is 4.79 Å². The molecule has 0 aromatic heterocycles. The van der Waals surface area contributed by atoms with Crippen LogP contribution in [0.15, 0.2) is 35.5 Å². The second-order valence-electron chi connectivity index (χ2n) is 5.47. The van der Waals surface area contributed by atoms with Gasteiger partial charge in [0.2, 0.25) is 6.61 Å². The Hall–Kier alpha value is -3.04. The maximum Gasteiger partial charge on any atom is 0.346 e. The number of esters is 1. The van der Waals surface area contributed by atoms with E-state index in [4.69, 9.17) is 37.5 Å². The Morgan fingerprint density at radius 3 is 2.52 bits per heavy atom. The Bertz CT molecular complexity index is 963. The lowest BCUT2D eigenvalue weighted by Crippen LogP contribution is -2.12. The number of oxime groups is 1. The summed E-state index contributed by atoms with van der Waals surface area (Å²) in [6.45, 7) is 1.24. The van der Waals surface area contributed by atoms with Crippen LogP contribution in [0.2, 0.25) is 10.0 Å². The van der Waals surface area contributed by atoms with Crippen molar-refractivity contribution in [3.8, 4) is 11.5 Å². The van der Waals surface area contributed by atoms with Crippen LogP contribution < -0.4 is 4.74 Å². The van der Waals surface area contributed by atoms with E-state index in [0.717, 1.165) is 0 Å². The van der Waals surface area contributed by atoms with E-state index < -0.39 is 17.5 Å². The van der Waals surface area contributed by atoms with Crippen LogP contribution >= 0.6 is 23.2 Å². The summed E-state index contributed by atoms with van der Waals surface area (Å²) in [5.74, 6) is -0.369. The topological polar surface area (TPSA) is 109 Å². The highest BCUT2D eigenvalue weighted by Crippen LogP contribution is 2.36. The minimum absolute atomic E-state index is 0.0262. The van der Waals surface area contributed by atoms with Gasteiger partial charge in [0.25, 0.3) is 11.6 Å². The highest BCUT2D eigenvalue weighted by molar-refractivity contribution is 6.36. The molecule has 0 aliphatic carbocycles. The molecule has 0 saturated heterocycles. The molecule has 154 valence electrons. The van der Waals surface area contributed by atoms with Gasteiger partial charge in [-0.3, -0.25) is 10.1 Å². The van der Waals surface area contributed by atoms with E-state index in [1.54, 1.807) is 19.1 Å². The quantitative estimate of drug-likeness (QED) is 0.204. The third-order valence-corrected chi connectivity index (χ3v) is 4.54. The molecule has 0 heterocycles. The Kier molecular flexibility index (Phi) is 7.63. The zero-order chi connectivity index (χ0) is 21.6. The SMILES string of the molecule is COC(=O)CO/N=C(\OC)c1cc(Oc2ccc(Cl)c(C)c2Cl)ccc1[N+](=O)[O-].